The van der Waals surface area contributed by atoms with Gasteiger partial charge < -0.3 is 14.6 Å². The quantitative estimate of drug-likeness (QED) is 0.281. The molecule has 1 heterocycles. The monoisotopic (exact) mass is 464 g/mol. The van der Waals surface area contributed by atoms with E-state index in [1.165, 1.54) is 6.07 Å². The largest absolute Gasteiger partial charge is 0.493 e. The third kappa shape index (κ3) is 6.21. The predicted octanol–water partition coefficient (Wildman–Crippen LogP) is 5.48. The maximum Gasteiger partial charge on any atom is 0.303 e. The Morgan fingerprint density at radius 2 is 2.06 bits per heavy atom. The van der Waals surface area contributed by atoms with E-state index in [1.54, 1.807) is 18.2 Å². The number of nitro groups is 1. The van der Waals surface area contributed by atoms with Crippen molar-refractivity contribution in [1.29, 1.82) is 5.26 Å². The van der Waals surface area contributed by atoms with E-state index in [4.69, 9.17) is 9.47 Å². The molecule has 1 saturated heterocycles. The molecule has 2 aromatic rings. The molecule has 1 fully saturated rings. The number of nitrogens with zero attached hydrogens (tertiary/aromatic N) is 2. The first kappa shape index (κ1) is 24.9. The van der Waals surface area contributed by atoms with Crippen molar-refractivity contribution in [3.05, 3.63) is 63.7 Å². The summed E-state index contributed by atoms with van der Waals surface area (Å²) in [4.78, 5) is 22.6. The molecule has 1 N–H and O–H groups in total. The second kappa shape index (κ2) is 12.0. The van der Waals surface area contributed by atoms with Gasteiger partial charge in [0.1, 0.15) is 5.75 Å². The molecule has 1 aliphatic heterocycles. The van der Waals surface area contributed by atoms with E-state index in [1.807, 2.05) is 31.2 Å². The van der Waals surface area contributed by atoms with Crippen LogP contribution in [0.2, 0.25) is 0 Å². The lowest BCUT2D eigenvalue weighted by molar-refractivity contribution is -0.385. The second-order valence-electron chi connectivity index (χ2n) is 8.16. The molecule has 0 bridgehead atoms. The van der Waals surface area contributed by atoms with Crippen molar-refractivity contribution in [2.24, 2.45) is 11.8 Å². The van der Waals surface area contributed by atoms with Gasteiger partial charge in [-0.15, -0.1) is 0 Å². The minimum atomic E-state index is -0.935. The molecule has 178 valence electrons. The van der Waals surface area contributed by atoms with E-state index < -0.39 is 10.9 Å². The number of allylic oxidation sites excluding steroid dienone is 1. The average molecular weight is 465 g/mol. The van der Waals surface area contributed by atoms with Crippen LogP contribution in [0.4, 0.5) is 5.69 Å². The van der Waals surface area contributed by atoms with E-state index >= 15 is 0 Å². The number of nitriles is 1. The Morgan fingerprint density at radius 3 is 2.71 bits per heavy atom. The van der Waals surface area contributed by atoms with Crippen LogP contribution >= 0.6 is 0 Å². The Kier molecular flexibility index (Phi) is 8.77. The summed E-state index contributed by atoms with van der Waals surface area (Å²) in [6, 6.07) is 14.4. The van der Waals surface area contributed by atoms with Crippen molar-refractivity contribution in [3.8, 4) is 22.9 Å². The number of carboxylic acids is 1. The predicted molar refractivity (Wildman–Crippen MR) is 127 cm³/mol. The molecular weight excluding hydrogens is 436 g/mol. The molecule has 1 aliphatic rings. The molecule has 1 atom stereocenters. The fourth-order valence-electron chi connectivity index (χ4n) is 4.42. The molecule has 34 heavy (non-hydrogen) atoms. The van der Waals surface area contributed by atoms with Crippen LogP contribution in [0.15, 0.2) is 48.0 Å². The number of ether oxygens (including phenoxy) is 2. The van der Waals surface area contributed by atoms with Crippen molar-refractivity contribution in [2.45, 2.75) is 32.6 Å². The summed E-state index contributed by atoms with van der Waals surface area (Å²) >= 11 is 0. The van der Waals surface area contributed by atoms with Gasteiger partial charge in [-0.05, 0) is 67.9 Å². The number of carbonyl (C=O) groups is 1. The molecule has 2 aromatic carbocycles. The molecule has 0 aliphatic carbocycles. The number of hydrogen-bond donors (Lipinski definition) is 1. The van der Waals surface area contributed by atoms with Crippen molar-refractivity contribution in [3.63, 3.8) is 0 Å². The third-order valence-electron chi connectivity index (χ3n) is 6.07. The lowest BCUT2D eigenvalue weighted by atomic mass is 9.78. The summed E-state index contributed by atoms with van der Waals surface area (Å²) in [5.74, 6) is -0.505. The van der Waals surface area contributed by atoms with Gasteiger partial charge in [0.15, 0.2) is 0 Å². The number of aliphatic carboxylic acids is 1. The van der Waals surface area contributed by atoms with Crippen molar-refractivity contribution >= 4 is 17.7 Å². The number of rotatable bonds is 10. The zero-order chi connectivity index (χ0) is 24.5. The zero-order valence-corrected chi connectivity index (χ0v) is 19.1. The molecule has 0 radical (unpaired) electrons. The van der Waals surface area contributed by atoms with Gasteiger partial charge in [0, 0.05) is 36.8 Å². The van der Waals surface area contributed by atoms with Crippen LogP contribution in [-0.2, 0) is 9.53 Å². The molecule has 8 nitrogen and oxygen atoms in total. The number of nitro benzene ring substituents is 1. The van der Waals surface area contributed by atoms with E-state index in [-0.39, 0.29) is 23.9 Å². The van der Waals surface area contributed by atoms with Gasteiger partial charge in [-0.1, -0.05) is 18.2 Å². The lowest BCUT2D eigenvalue weighted by Gasteiger charge is -2.30. The van der Waals surface area contributed by atoms with Crippen molar-refractivity contribution < 1.29 is 24.3 Å². The summed E-state index contributed by atoms with van der Waals surface area (Å²) in [5.41, 5.74) is 2.06. The summed E-state index contributed by atoms with van der Waals surface area (Å²) in [6.45, 7) is 3.47. The van der Waals surface area contributed by atoms with Crippen LogP contribution in [0.1, 0.15) is 38.2 Å². The number of benzene rings is 2. The maximum absolute atomic E-state index is 11.8. The Balaban J connectivity index is 2.08. The standard InChI is InChI=1S/C26H28N2O6/c1-2-34-25-6-4-3-5-23(25)19-7-9-24(28(31)32)20(15-19)16-21(17-27)22(8-10-26(29)30)18-11-13-33-14-12-18/h3-7,9,15-16,18,22H,2,8,10-14H2,1H3,(H,29,30). The SMILES string of the molecule is CCOc1ccccc1-c1ccc([N+](=O)[O-])c(C=C(C#N)C(CCC(=O)O)C2CCOCC2)c1. The fraction of sp³-hybridized carbons (Fsp3) is 0.385. The smallest absolute Gasteiger partial charge is 0.303 e. The minimum Gasteiger partial charge on any atom is -0.493 e. The van der Waals surface area contributed by atoms with Crippen LogP contribution in [0, 0.1) is 33.3 Å². The highest BCUT2D eigenvalue weighted by atomic mass is 16.6. The van der Waals surface area contributed by atoms with Gasteiger partial charge in [-0.3, -0.25) is 14.9 Å². The van der Waals surface area contributed by atoms with Gasteiger partial charge in [0.2, 0.25) is 0 Å². The third-order valence-corrected chi connectivity index (χ3v) is 6.07. The number of hydrogen-bond acceptors (Lipinski definition) is 6. The van der Waals surface area contributed by atoms with Gasteiger partial charge >= 0.3 is 5.97 Å². The highest BCUT2D eigenvalue weighted by Gasteiger charge is 2.28. The first-order valence-electron chi connectivity index (χ1n) is 11.4. The van der Waals surface area contributed by atoms with E-state index in [9.17, 15) is 25.3 Å². The van der Waals surface area contributed by atoms with Crippen molar-refractivity contribution in [1.82, 2.24) is 0 Å². The molecule has 0 aromatic heterocycles. The normalized spacial score (nSPS) is 15.4. The summed E-state index contributed by atoms with van der Waals surface area (Å²) in [6.07, 6.45) is 3.19. The molecule has 1 unspecified atom stereocenters. The average Bonchev–Trinajstić information content (AvgIpc) is 2.84. The maximum atomic E-state index is 11.8. The Morgan fingerprint density at radius 1 is 1.32 bits per heavy atom. The fourth-order valence-corrected chi connectivity index (χ4v) is 4.42. The zero-order valence-electron chi connectivity index (χ0n) is 19.1. The summed E-state index contributed by atoms with van der Waals surface area (Å²) in [5, 5.41) is 31.0. The topological polar surface area (TPSA) is 123 Å². The molecule has 0 amide bonds. The van der Waals surface area contributed by atoms with Gasteiger partial charge in [0.25, 0.3) is 5.69 Å². The van der Waals surface area contributed by atoms with Crippen LogP contribution in [-0.4, -0.2) is 35.8 Å². The molecular formula is C26H28N2O6. The van der Waals surface area contributed by atoms with Gasteiger partial charge in [0.05, 0.1) is 23.2 Å². The summed E-state index contributed by atoms with van der Waals surface area (Å²) in [7, 11) is 0. The second-order valence-corrected chi connectivity index (χ2v) is 8.16. The van der Waals surface area contributed by atoms with E-state index in [0.29, 0.717) is 56.0 Å². The van der Waals surface area contributed by atoms with E-state index in [2.05, 4.69) is 6.07 Å². The van der Waals surface area contributed by atoms with Gasteiger partial charge in [-0.25, -0.2) is 0 Å². The Labute approximate surface area is 198 Å². The van der Waals surface area contributed by atoms with Crippen LogP contribution < -0.4 is 4.74 Å². The summed E-state index contributed by atoms with van der Waals surface area (Å²) < 4.78 is 11.1. The number of para-hydroxylation sites is 1. The van der Waals surface area contributed by atoms with Crippen molar-refractivity contribution in [2.75, 3.05) is 19.8 Å². The van der Waals surface area contributed by atoms with Gasteiger partial charge in [-0.2, -0.15) is 5.26 Å². The minimum absolute atomic E-state index is 0.0785. The highest BCUT2D eigenvalue weighted by molar-refractivity contribution is 5.77. The lowest BCUT2D eigenvalue weighted by Crippen LogP contribution is -2.25. The molecule has 3 rings (SSSR count). The number of carboxylic acid groups (broad SMARTS) is 1. The Hall–Kier alpha value is -3.70. The van der Waals surface area contributed by atoms with Crippen LogP contribution in [0.3, 0.4) is 0 Å². The van der Waals surface area contributed by atoms with E-state index in [0.717, 1.165) is 11.1 Å². The first-order valence-corrected chi connectivity index (χ1v) is 11.4. The highest BCUT2D eigenvalue weighted by Crippen LogP contribution is 2.37. The van der Waals surface area contributed by atoms with Crippen LogP contribution in [0.25, 0.3) is 17.2 Å². The molecule has 8 heteroatoms. The molecule has 0 saturated carbocycles. The molecule has 0 spiro atoms. The first-order chi connectivity index (χ1) is 16.4. The Bertz CT molecular complexity index is 1100. The van der Waals surface area contributed by atoms with Crippen LogP contribution in [0.5, 0.6) is 5.75 Å².